The highest BCUT2D eigenvalue weighted by molar-refractivity contribution is 5.85. The predicted molar refractivity (Wildman–Crippen MR) is 143 cm³/mol. The highest BCUT2D eigenvalue weighted by Crippen LogP contribution is 2.20. The van der Waals surface area contributed by atoms with Crippen LogP contribution in [0.3, 0.4) is 0 Å². The van der Waals surface area contributed by atoms with Crippen LogP contribution in [0.15, 0.2) is 48.5 Å². The number of methoxy groups -OCH3 is 2. The molecular weight excluding hydrogens is 490 g/mol. The van der Waals surface area contributed by atoms with Crippen molar-refractivity contribution < 1.29 is 33.7 Å². The van der Waals surface area contributed by atoms with Gasteiger partial charge in [-0.2, -0.15) is 0 Å². The lowest BCUT2D eigenvalue weighted by atomic mass is 10.1. The molecule has 0 spiro atoms. The Morgan fingerprint density at radius 3 is 1.95 bits per heavy atom. The standard InChI is InChI=1S/C28H39N3O7/c1-28(2,3)38-27(35)30-24(14-6-7-15-29-26(33)34)25(32)31(18-20-10-8-12-22(16-20)36-4)19-21-11-9-13-23(17-21)37-5/h8-13,16-17,24,29H,6-7,14-15,18-19H2,1-5H3,(H,30,35)(H,33,34)/t24-/m1/s1. The average molecular weight is 530 g/mol. The summed E-state index contributed by atoms with van der Waals surface area (Å²) in [5, 5.41) is 13.8. The quantitative estimate of drug-likeness (QED) is 0.325. The highest BCUT2D eigenvalue weighted by atomic mass is 16.6. The zero-order valence-corrected chi connectivity index (χ0v) is 22.8. The Bertz CT molecular complexity index is 1020. The first-order chi connectivity index (χ1) is 18.0. The second-order valence-electron chi connectivity index (χ2n) is 9.82. The lowest BCUT2D eigenvalue weighted by Crippen LogP contribution is -2.49. The zero-order chi connectivity index (χ0) is 28.1. The number of benzene rings is 2. The Morgan fingerprint density at radius 2 is 1.47 bits per heavy atom. The Balaban J connectivity index is 2.30. The number of carboxylic acid groups (broad SMARTS) is 1. The van der Waals surface area contributed by atoms with Gasteiger partial charge in [-0.1, -0.05) is 24.3 Å². The van der Waals surface area contributed by atoms with Crippen molar-refractivity contribution in [1.29, 1.82) is 0 Å². The summed E-state index contributed by atoms with van der Waals surface area (Å²) in [6.07, 6.45) is -0.461. The van der Waals surface area contributed by atoms with E-state index in [4.69, 9.17) is 19.3 Å². The van der Waals surface area contributed by atoms with Gasteiger partial charge in [0.1, 0.15) is 23.1 Å². The second-order valence-corrected chi connectivity index (χ2v) is 9.82. The third-order valence-corrected chi connectivity index (χ3v) is 5.51. The van der Waals surface area contributed by atoms with E-state index in [0.717, 1.165) is 11.1 Å². The molecule has 0 radical (unpaired) electrons. The van der Waals surface area contributed by atoms with Crippen LogP contribution >= 0.6 is 0 Å². The van der Waals surface area contributed by atoms with Gasteiger partial charge in [-0.25, -0.2) is 9.59 Å². The fourth-order valence-electron chi connectivity index (χ4n) is 3.79. The molecule has 0 aromatic heterocycles. The molecule has 0 heterocycles. The van der Waals surface area contributed by atoms with E-state index in [1.807, 2.05) is 48.5 Å². The van der Waals surface area contributed by atoms with E-state index in [9.17, 15) is 14.4 Å². The van der Waals surface area contributed by atoms with Gasteiger partial charge >= 0.3 is 12.2 Å². The zero-order valence-electron chi connectivity index (χ0n) is 22.8. The molecule has 2 rings (SSSR count). The lowest BCUT2D eigenvalue weighted by molar-refractivity contribution is -0.135. The van der Waals surface area contributed by atoms with Gasteiger partial charge in [-0.05, 0) is 75.4 Å². The molecule has 3 N–H and O–H groups in total. The number of hydrogen-bond donors (Lipinski definition) is 3. The Labute approximate surface area is 224 Å². The molecule has 1 atom stereocenters. The van der Waals surface area contributed by atoms with Crippen LogP contribution in [0.25, 0.3) is 0 Å². The van der Waals surface area contributed by atoms with E-state index < -0.39 is 23.8 Å². The minimum Gasteiger partial charge on any atom is -0.497 e. The van der Waals surface area contributed by atoms with E-state index in [2.05, 4.69) is 10.6 Å². The van der Waals surface area contributed by atoms with Gasteiger partial charge in [-0.15, -0.1) is 0 Å². The first-order valence-electron chi connectivity index (χ1n) is 12.5. The highest BCUT2D eigenvalue weighted by Gasteiger charge is 2.28. The molecule has 0 fully saturated rings. The molecule has 10 heteroatoms. The van der Waals surface area contributed by atoms with Crippen LogP contribution in [0.2, 0.25) is 0 Å². The molecule has 2 aromatic carbocycles. The maximum Gasteiger partial charge on any atom is 0.408 e. The van der Waals surface area contributed by atoms with Crippen molar-refractivity contribution in [1.82, 2.24) is 15.5 Å². The SMILES string of the molecule is COc1cccc(CN(Cc2cccc(OC)c2)C(=O)[C@@H](CCCCNC(=O)O)NC(=O)OC(C)(C)C)c1. The molecule has 0 saturated carbocycles. The topological polar surface area (TPSA) is 126 Å². The van der Waals surface area contributed by atoms with Crippen molar-refractivity contribution in [3.63, 3.8) is 0 Å². The van der Waals surface area contributed by atoms with E-state index in [-0.39, 0.29) is 25.5 Å². The monoisotopic (exact) mass is 529 g/mol. The van der Waals surface area contributed by atoms with Crippen LogP contribution in [0.1, 0.15) is 51.2 Å². The Kier molecular flexibility index (Phi) is 11.7. The number of ether oxygens (including phenoxy) is 3. The maximum atomic E-state index is 13.9. The molecular formula is C28H39N3O7. The molecule has 0 saturated heterocycles. The molecule has 3 amide bonds. The summed E-state index contributed by atoms with van der Waals surface area (Å²) in [5.41, 5.74) is 0.994. The van der Waals surface area contributed by atoms with Gasteiger partial charge in [0.15, 0.2) is 0 Å². The summed E-state index contributed by atoms with van der Waals surface area (Å²) < 4.78 is 16.1. The van der Waals surface area contributed by atoms with Gasteiger partial charge in [0.2, 0.25) is 5.91 Å². The third kappa shape index (κ3) is 11.0. The number of amides is 3. The van der Waals surface area contributed by atoms with Crippen molar-refractivity contribution in [2.45, 2.75) is 64.8 Å². The van der Waals surface area contributed by atoms with Crippen LogP contribution < -0.4 is 20.1 Å². The van der Waals surface area contributed by atoms with E-state index >= 15 is 0 Å². The smallest absolute Gasteiger partial charge is 0.408 e. The molecule has 10 nitrogen and oxygen atoms in total. The second kappa shape index (κ2) is 14.7. The summed E-state index contributed by atoms with van der Waals surface area (Å²) >= 11 is 0. The van der Waals surface area contributed by atoms with Crippen LogP contribution in [0.4, 0.5) is 9.59 Å². The lowest BCUT2D eigenvalue weighted by Gasteiger charge is -2.29. The molecule has 0 aliphatic rings. The molecule has 0 aliphatic heterocycles. The van der Waals surface area contributed by atoms with E-state index in [1.54, 1.807) is 39.9 Å². The minimum absolute atomic E-state index is 0.250. The van der Waals surface area contributed by atoms with E-state index in [0.29, 0.717) is 30.8 Å². The van der Waals surface area contributed by atoms with Crippen LogP contribution in [0, 0.1) is 0 Å². The van der Waals surface area contributed by atoms with Crippen molar-refractivity contribution in [2.75, 3.05) is 20.8 Å². The van der Waals surface area contributed by atoms with Gasteiger partial charge < -0.3 is 34.9 Å². The Hall–Kier alpha value is -3.95. The molecule has 208 valence electrons. The summed E-state index contributed by atoms with van der Waals surface area (Å²) in [6.45, 7) is 6.05. The predicted octanol–water partition coefficient (Wildman–Crippen LogP) is 4.56. The van der Waals surface area contributed by atoms with Gasteiger partial charge in [0.05, 0.1) is 14.2 Å². The number of unbranched alkanes of at least 4 members (excludes halogenated alkanes) is 1. The summed E-state index contributed by atoms with van der Waals surface area (Å²) in [4.78, 5) is 39.0. The van der Waals surface area contributed by atoms with Crippen LogP contribution in [0.5, 0.6) is 11.5 Å². The summed E-state index contributed by atoms with van der Waals surface area (Å²) in [6, 6.07) is 14.0. The summed E-state index contributed by atoms with van der Waals surface area (Å²) in [7, 11) is 3.16. The number of alkyl carbamates (subject to hydrolysis) is 1. The van der Waals surface area contributed by atoms with Gasteiger partial charge in [0, 0.05) is 19.6 Å². The summed E-state index contributed by atoms with van der Waals surface area (Å²) in [5.74, 6) is 1.06. The first-order valence-corrected chi connectivity index (χ1v) is 12.5. The largest absolute Gasteiger partial charge is 0.497 e. The number of nitrogens with zero attached hydrogens (tertiary/aromatic N) is 1. The molecule has 38 heavy (non-hydrogen) atoms. The third-order valence-electron chi connectivity index (χ3n) is 5.51. The molecule has 0 unspecified atom stereocenters. The van der Waals surface area contributed by atoms with Gasteiger partial charge in [0.25, 0.3) is 0 Å². The van der Waals surface area contributed by atoms with Crippen molar-refractivity contribution >= 4 is 18.1 Å². The van der Waals surface area contributed by atoms with Crippen LogP contribution in [-0.4, -0.2) is 60.5 Å². The van der Waals surface area contributed by atoms with Crippen molar-refractivity contribution in [3.05, 3.63) is 59.7 Å². The fraction of sp³-hybridized carbons (Fsp3) is 0.464. The first kappa shape index (κ1) is 30.3. The number of nitrogens with one attached hydrogen (secondary N) is 2. The number of carbonyl (C=O) groups excluding carboxylic acids is 2. The van der Waals surface area contributed by atoms with E-state index in [1.165, 1.54) is 0 Å². The molecule has 0 bridgehead atoms. The maximum absolute atomic E-state index is 13.9. The molecule has 0 aliphatic carbocycles. The van der Waals surface area contributed by atoms with Crippen molar-refractivity contribution in [3.8, 4) is 11.5 Å². The van der Waals surface area contributed by atoms with Gasteiger partial charge in [-0.3, -0.25) is 4.79 Å². The molecule has 2 aromatic rings. The number of hydrogen-bond acceptors (Lipinski definition) is 6. The Morgan fingerprint density at radius 1 is 0.921 bits per heavy atom. The normalized spacial score (nSPS) is 11.7. The average Bonchev–Trinajstić information content (AvgIpc) is 2.86. The number of rotatable bonds is 13. The number of carbonyl (C=O) groups is 3. The fourth-order valence-corrected chi connectivity index (χ4v) is 3.79. The minimum atomic E-state index is -1.10. The van der Waals surface area contributed by atoms with Crippen LogP contribution in [-0.2, 0) is 22.6 Å². The van der Waals surface area contributed by atoms with Crippen molar-refractivity contribution in [2.24, 2.45) is 0 Å².